The van der Waals surface area contributed by atoms with Crippen LogP contribution in [0.3, 0.4) is 0 Å². The molecule has 3 aromatic rings. The molecule has 1 aromatic heterocycles. The molecule has 8 heteroatoms. The van der Waals surface area contributed by atoms with Gasteiger partial charge in [0.25, 0.3) is 11.5 Å². The first-order valence-electron chi connectivity index (χ1n) is 8.49. The number of amides is 1. The minimum atomic E-state index is -0.466. The van der Waals surface area contributed by atoms with Crippen molar-refractivity contribution in [3.8, 4) is 11.5 Å². The van der Waals surface area contributed by atoms with Gasteiger partial charge in [-0.05, 0) is 13.0 Å². The molecule has 0 spiro atoms. The minimum Gasteiger partial charge on any atom is -0.486 e. The van der Waals surface area contributed by atoms with Crippen molar-refractivity contribution >= 4 is 34.0 Å². The lowest BCUT2D eigenvalue weighted by molar-refractivity contribution is 0.102. The highest BCUT2D eigenvalue weighted by molar-refractivity contribution is 6.34. The van der Waals surface area contributed by atoms with Crippen LogP contribution in [0.25, 0.3) is 10.8 Å². The summed E-state index contributed by atoms with van der Waals surface area (Å²) in [7, 11) is 0. The summed E-state index contributed by atoms with van der Waals surface area (Å²) < 4.78 is 12.3. The Morgan fingerprint density at radius 3 is 2.56 bits per heavy atom. The van der Waals surface area contributed by atoms with E-state index in [1.807, 2.05) is 0 Å². The topological polar surface area (TPSA) is 82.5 Å². The molecular weight excluding hydrogens is 370 g/mol. The molecule has 0 unspecified atom stereocenters. The highest BCUT2D eigenvalue weighted by Crippen LogP contribution is 2.38. The highest BCUT2D eigenvalue weighted by atomic mass is 35.5. The largest absolute Gasteiger partial charge is 0.486 e. The van der Waals surface area contributed by atoms with Crippen molar-refractivity contribution in [2.45, 2.75) is 13.5 Å². The maximum absolute atomic E-state index is 12.9. The fraction of sp³-hybridized carbons (Fsp3) is 0.211. The van der Waals surface area contributed by atoms with E-state index in [1.54, 1.807) is 43.3 Å². The second-order valence-electron chi connectivity index (χ2n) is 5.94. The molecule has 1 N–H and O–H groups in total. The van der Waals surface area contributed by atoms with Crippen molar-refractivity contribution in [2.75, 3.05) is 18.5 Å². The minimum absolute atomic E-state index is 0.151. The van der Waals surface area contributed by atoms with Crippen LogP contribution < -0.4 is 20.3 Å². The number of carbonyl (C=O) groups excluding carboxylic acids is 1. The lowest BCUT2D eigenvalue weighted by Crippen LogP contribution is -2.27. The van der Waals surface area contributed by atoms with Gasteiger partial charge in [0.15, 0.2) is 17.2 Å². The monoisotopic (exact) mass is 385 g/mol. The SMILES string of the molecule is CCn1nc(C(=O)Nc2cc3c(cc2Cl)OCCO3)c2ccccc2c1=O. The molecule has 0 fully saturated rings. The Morgan fingerprint density at radius 1 is 1.19 bits per heavy atom. The molecule has 138 valence electrons. The van der Waals surface area contributed by atoms with E-state index in [4.69, 9.17) is 21.1 Å². The molecule has 0 saturated heterocycles. The lowest BCUT2D eigenvalue weighted by Gasteiger charge is -2.20. The van der Waals surface area contributed by atoms with Gasteiger partial charge in [-0.1, -0.05) is 29.8 Å². The first-order chi connectivity index (χ1) is 13.1. The van der Waals surface area contributed by atoms with Crippen LogP contribution in [-0.4, -0.2) is 28.9 Å². The van der Waals surface area contributed by atoms with E-state index in [1.165, 1.54) is 4.68 Å². The first-order valence-corrected chi connectivity index (χ1v) is 8.86. The molecule has 0 saturated carbocycles. The molecule has 2 aromatic carbocycles. The average molecular weight is 386 g/mol. The summed E-state index contributed by atoms with van der Waals surface area (Å²) in [4.78, 5) is 25.3. The number of aromatic nitrogens is 2. The molecule has 0 radical (unpaired) electrons. The number of rotatable bonds is 3. The standard InChI is InChI=1S/C19H16ClN3O4/c1-2-23-19(25)12-6-4-3-5-11(12)17(22-23)18(24)21-14-10-16-15(9-13(14)20)26-7-8-27-16/h3-6,9-10H,2,7-8H2,1H3,(H,21,24). The number of anilines is 1. The van der Waals surface area contributed by atoms with E-state index in [0.717, 1.165) is 0 Å². The van der Waals surface area contributed by atoms with Gasteiger partial charge in [-0.25, -0.2) is 4.68 Å². The summed E-state index contributed by atoms with van der Waals surface area (Å²) in [5.41, 5.74) is 0.297. The van der Waals surface area contributed by atoms with Crippen molar-refractivity contribution in [1.29, 1.82) is 0 Å². The number of nitrogens with one attached hydrogen (secondary N) is 1. The van der Waals surface area contributed by atoms with Gasteiger partial charge in [-0.2, -0.15) is 5.10 Å². The summed E-state index contributed by atoms with van der Waals surface area (Å²) in [5, 5.41) is 8.22. The third kappa shape index (κ3) is 3.10. The van der Waals surface area contributed by atoms with Crippen molar-refractivity contribution in [3.05, 3.63) is 57.5 Å². The van der Waals surface area contributed by atoms with E-state index in [-0.39, 0.29) is 11.3 Å². The third-order valence-corrected chi connectivity index (χ3v) is 4.58. The van der Waals surface area contributed by atoms with Gasteiger partial charge in [-0.3, -0.25) is 9.59 Å². The first kappa shape index (κ1) is 17.4. The van der Waals surface area contributed by atoms with Crippen LogP contribution in [0, 0.1) is 0 Å². The Labute approximate surface area is 159 Å². The van der Waals surface area contributed by atoms with E-state index < -0.39 is 5.91 Å². The van der Waals surface area contributed by atoms with Gasteiger partial charge in [0, 0.05) is 24.1 Å². The summed E-state index contributed by atoms with van der Waals surface area (Å²) in [6.07, 6.45) is 0. The number of hydrogen-bond acceptors (Lipinski definition) is 5. The molecule has 0 aliphatic carbocycles. The van der Waals surface area contributed by atoms with E-state index >= 15 is 0 Å². The second-order valence-corrected chi connectivity index (χ2v) is 6.35. The number of benzene rings is 2. The predicted octanol–water partition coefficient (Wildman–Crippen LogP) is 3.09. The van der Waals surface area contributed by atoms with Crippen LogP contribution in [0.1, 0.15) is 17.4 Å². The van der Waals surface area contributed by atoms with Gasteiger partial charge in [0.2, 0.25) is 0 Å². The Morgan fingerprint density at radius 2 is 1.85 bits per heavy atom. The maximum Gasteiger partial charge on any atom is 0.276 e. The number of aryl methyl sites for hydroxylation is 1. The Kier molecular flexibility index (Phi) is 4.45. The number of hydrogen-bond donors (Lipinski definition) is 1. The van der Waals surface area contributed by atoms with Crippen LogP contribution in [0.5, 0.6) is 11.5 Å². The number of fused-ring (bicyclic) bond motifs is 2. The Balaban J connectivity index is 1.76. The molecule has 1 amide bonds. The number of carbonyl (C=O) groups is 1. The zero-order chi connectivity index (χ0) is 19.0. The van der Waals surface area contributed by atoms with Crippen LogP contribution >= 0.6 is 11.6 Å². The normalized spacial score (nSPS) is 12.8. The van der Waals surface area contributed by atoms with E-state index in [9.17, 15) is 9.59 Å². The molecule has 27 heavy (non-hydrogen) atoms. The van der Waals surface area contributed by atoms with E-state index in [2.05, 4.69) is 10.4 Å². The molecule has 0 atom stereocenters. The Bertz CT molecular complexity index is 1110. The summed E-state index contributed by atoms with van der Waals surface area (Å²) in [6, 6.07) is 10.1. The maximum atomic E-state index is 12.9. The van der Waals surface area contributed by atoms with Gasteiger partial charge in [-0.15, -0.1) is 0 Å². The fourth-order valence-electron chi connectivity index (χ4n) is 2.96. The molecule has 7 nitrogen and oxygen atoms in total. The number of halogens is 1. The van der Waals surface area contributed by atoms with Crippen LogP contribution in [0.2, 0.25) is 5.02 Å². The summed E-state index contributed by atoms with van der Waals surface area (Å²) in [6.45, 7) is 3.02. The van der Waals surface area contributed by atoms with Gasteiger partial charge >= 0.3 is 0 Å². The lowest BCUT2D eigenvalue weighted by atomic mass is 10.1. The molecule has 0 bridgehead atoms. The fourth-order valence-corrected chi connectivity index (χ4v) is 3.16. The van der Waals surface area contributed by atoms with Crippen LogP contribution in [0.4, 0.5) is 5.69 Å². The quantitative estimate of drug-likeness (QED) is 0.749. The highest BCUT2D eigenvalue weighted by Gasteiger charge is 2.20. The van der Waals surface area contributed by atoms with Crippen LogP contribution in [-0.2, 0) is 6.54 Å². The predicted molar refractivity (Wildman–Crippen MR) is 102 cm³/mol. The molecule has 2 heterocycles. The average Bonchev–Trinajstić information content (AvgIpc) is 2.69. The van der Waals surface area contributed by atoms with Crippen molar-refractivity contribution in [2.24, 2.45) is 0 Å². The van der Waals surface area contributed by atoms with Crippen molar-refractivity contribution < 1.29 is 14.3 Å². The zero-order valence-corrected chi connectivity index (χ0v) is 15.2. The molecule has 1 aliphatic heterocycles. The molecule has 4 rings (SSSR count). The third-order valence-electron chi connectivity index (χ3n) is 4.26. The summed E-state index contributed by atoms with van der Waals surface area (Å²) in [5.74, 6) is 0.580. The number of ether oxygens (including phenoxy) is 2. The van der Waals surface area contributed by atoms with Crippen molar-refractivity contribution in [3.63, 3.8) is 0 Å². The van der Waals surface area contributed by atoms with Gasteiger partial charge < -0.3 is 14.8 Å². The van der Waals surface area contributed by atoms with Gasteiger partial charge in [0.1, 0.15) is 13.2 Å². The summed E-state index contributed by atoms with van der Waals surface area (Å²) >= 11 is 6.27. The van der Waals surface area contributed by atoms with Gasteiger partial charge in [0.05, 0.1) is 16.1 Å². The zero-order valence-electron chi connectivity index (χ0n) is 14.5. The van der Waals surface area contributed by atoms with Crippen LogP contribution in [0.15, 0.2) is 41.2 Å². The van der Waals surface area contributed by atoms with Crippen molar-refractivity contribution in [1.82, 2.24) is 9.78 Å². The molecule has 1 aliphatic rings. The van der Waals surface area contributed by atoms with E-state index in [0.29, 0.717) is 52.7 Å². The molecular formula is C19H16ClN3O4. The Hall–Kier alpha value is -3.06. The second kappa shape index (κ2) is 6.92. The smallest absolute Gasteiger partial charge is 0.276 e. The number of nitrogens with zero attached hydrogens (tertiary/aromatic N) is 2.